The van der Waals surface area contributed by atoms with Gasteiger partial charge >= 0.3 is 0 Å². The summed E-state index contributed by atoms with van der Waals surface area (Å²) in [7, 11) is 1.60. The van der Waals surface area contributed by atoms with E-state index >= 15 is 0 Å². The maximum absolute atomic E-state index is 14.7. The molecule has 47 heavy (non-hydrogen) atoms. The SMILES string of the molecule is CC.CC.CC(/C=C\C(F)=C/C(C)C(F)F)N[C@H](C)c1cc(F)cc2c(=O)n(C)c(-c3cnc(-c4cnc(C(C)C)nc4)nc3)cc12. The molecule has 0 saturated carbocycles. The van der Waals surface area contributed by atoms with E-state index in [1.54, 1.807) is 51.7 Å². The lowest BCUT2D eigenvalue weighted by Crippen LogP contribution is -2.28. The average molecular weight is 655 g/mol. The Morgan fingerprint density at radius 3 is 1.98 bits per heavy atom. The molecule has 1 N–H and O–H groups in total. The molecule has 0 aliphatic rings. The summed E-state index contributed by atoms with van der Waals surface area (Å²) in [5, 5.41) is 3.97. The number of pyridine rings is 1. The summed E-state index contributed by atoms with van der Waals surface area (Å²) in [5.74, 6) is -1.21. The second-order valence-electron chi connectivity index (χ2n) is 10.9. The van der Waals surface area contributed by atoms with Crippen LogP contribution in [0.15, 0.2) is 71.8 Å². The molecule has 4 rings (SSSR count). The van der Waals surface area contributed by atoms with Crippen molar-refractivity contribution in [1.29, 1.82) is 0 Å². The fourth-order valence-corrected chi connectivity index (χ4v) is 4.65. The molecule has 0 saturated heterocycles. The van der Waals surface area contributed by atoms with Gasteiger partial charge in [-0.1, -0.05) is 54.5 Å². The maximum atomic E-state index is 14.7. The number of halogens is 4. The van der Waals surface area contributed by atoms with Gasteiger partial charge in [-0.25, -0.2) is 37.5 Å². The van der Waals surface area contributed by atoms with Gasteiger partial charge in [-0.2, -0.15) is 0 Å². The second-order valence-corrected chi connectivity index (χ2v) is 10.9. The second kappa shape index (κ2) is 18.2. The summed E-state index contributed by atoms with van der Waals surface area (Å²) in [4.78, 5) is 31.0. The summed E-state index contributed by atoms with van der Waals surface area (Å²) in [6.07, 6.45) is 7.37. The van der Waals surface area contributed by atoms with Crippen LogP contribution in [-0.4, -0.2) is 37.0 Å². The van der Waals surface area contributed by atoms with Crippen LogP contribution < -0.4 is 10.9 Å². The Balaban J connectivity index is 0.00000185. The largest absolute Gasteiger partial charge is 0.311 e. The number of benzene rings is 1. The lowest BCUT2D eigenvalue weighted by atomic mass is 9.98. The average Bonchev–Trinajstić information content (AvgIpc) is 3.07. The smallest absolute Gasteiger partial charge is 0.258 e. The van der Waals surface area contributed by atoms with Crippen molar-refractivity contribution >= 4 is 10.8 Å². The lowest BCUT2D eigenvalue weighted by Gasteiger charge is -2.21. The molecule has 3 aromatic heterocycles. The van der Waals surface area contributed by atoms with Crippen LogP contribution in [0.5, 0.6) is 0 Å². The Morgan fingerprint density at radius 1 is 0.851 bits per heavy atom. The van der Waals surface area contributed by atoms with E-state index in [1.807, 2.05) is 41.5 Å². The van der Waals surface area contributed by atoms with E-state index < -0.39 is 41.6 Å². The molecule has 0 radical (unpaired) electrons. The van der Waals surface area contributed by atoms with Crippen molar-refractivity contribution in [1.82, 2.24) is 29.8 Å². The molecule has 0 bridgehead atoms. The van der Waals surface area contributed by atoms with Gasteiger partial charge in [0, 0.05) is 61.3 Å². The summed E-state index contributed by atoms with van der Waals surface area (Å²) >= 11 is 0. The minimum atomic E-state index is -2.66. The van der Waals surface area contributed by atoms with E-state index in [0.29, 0.717) is 33.6 Å². The van der Waals surface area contributed by atoms with Gasteiger partial charge in [0.2, 0.25) is 6.43 Å². The van der Waals surface area contributed by atoms with Crippen LogP contribution in [0, 0.1) is 11.7 Å². The molecule has 3 heterocycles. The number of alkyl halides is 2. The molecule has 2 unspecified atom stereocenters. The van der Waals surface area contributed by atoms with E-state index in [4.69, 9.17) is 0 Å². The van der Waals surface area contributed by atoms with Gasteiger partial charge in [0.05, 0.1) is 16.6 Å². The monoisotopic (exact) mass is 654 g/mol. The van der Waals surface area contributed by atoms with Crippen molar-refractivity contribution in [2.24, 2.45) is 13.0 Å². The molecule has 0 aliphatic heterocycles. The summed E-state index contributed by atoms with van der Waals surface area (Å²) in [5.41, 5.74) is 1.90. The third kappa shape index (κ3) is 10.1. The number of fused-ring (bicyclic) bond motifs is 1. The molecule has 254 valence electrons. The standard InChI is InChI=1S/C32H34F4N6O.2C2H6/c1-17(2)30-37-15-22(16-38-30)31-39-13-21(14-40-31)28-12-26-25(10-24(34)11-27(26)32(43)42(28)6)20(5)41-19(4)7-8-23(33)9-18(3)29(35)36;2*1-2/h7-20,29,41H,1-6H3;2*1-2H3/b8-7-,23-9+;;/t18?,19?,20-;;/m1../s1. The zero-order valence-electron chi connectivity index (χ0n) is 28.8. The predicted molar refractivity (Wildman–Crippen MR) is 182 cm³/mol. The van der Waals surface area contributed by atoms with Crippen LogP contribution >= 0.6 is 0 Å². The van der Waals surface area contributed by atoms with Gasteiger partial charge in [-0.3, -0.25) is 4.79 Å². The summed E-state index contributed by atoms with van der Waals surface area (Å²) < 4.78 is 55.6. The van der Waals surface area contributed by atoms with E-state index in [2.05, 4.69) is 25.3 Å². The first-order valence-electron chi connectivity index (χ1n) is 15.9. The van der Waals surface area contributed by atoms with Crippen molar-refractivity contribution in [3.05, 3.63) is 94.6 Å². The Hall–Kier alpha value is -4.25. The molecule has 0 spiro atoms. The summed E-state index contributed by atoms with van der Waals surface area (Å²) in [6, 6.07) is 3.48. The number of allylic oxidation sites excluding steroid dienone is 3. The van der Waals surface area contributed by atoms with Crippen molar-refractivity contribution < 1.29 is 17.6 Å². The van der Waals surface area contributed by atoms with Gasteiger partial charge in [0.1, 0.15) is 17.5 Å². The zero-order valence-corrected chi connectivity index (χ0v) is 28.8. The first-order chi connectivity index (χ1) is 22.3. The molecular weight excluding hydrogens is 608 g/mol. The van der Waals surface area contributed by atoms with Gasteiger partial charge in [-0.05, 0) is 55.1 Å². The maximum Gasteiger partial charge on any atom is 0.258 e. The highest BCUT2D eigenvalue weighted by atomic mass is 19.3. The summed E-state index contributed by atoms with van der Waals surface area (Å²) in [6.45, 7) is 16.8. The highest BCUT2D eigenvalue weighted by Gasteiger charge is 2.18. The normalized spacial score (nSPS) is 13.7. The minimum Gasteiger partial charge on any atom is -0.311 e. The Labute approximate surface area is 274 Å². The molecule has 0 aliphatic carbocycles. The number of nitrogens with one attached hydrogen (secondary N) is 1. The van der Waals surface area contributed by atoms with Crippen molar-refractivity contribution in [2.75, 3.05) is 0 Å². The first kappa shape index (κ1) is 38.9. The minimum absolute atomic E-state index is 0.191. The number of nitrogens with zero attached hydrogens (tertiary/aromatic N) is 5. The van der Waals surface area contributed by atoms with E-state index in [9.17, 15) is 22.4 Å². The molecule has 4 aromatic rings. The fourth-order valence-electron chi connectivity index (χ4n) is 4.65. The van der Waals surface area contributed by atoms with Gasteiger partial charge < -0.3 is 9.88 Å². The van der Waals surface area contributed by atoms with Crippen molar-refractivity contribution in [2.45, 2.75) is 86.7 Å². The van der Waals surface area contributed by atoms with Crippen molar-refractivity contribution in [3.63, 3.8) is 0 Å². The zero-order chi connectivity index (χ0) is 35.4. The Bertz CT molecular complexity index is 1700. The Morgan fingerprint density at radius 2 is 1.43 bits per heavy atom. The number of aromatic nitrogens is 5. The van der Waals surface area contributed by atoms with Crippen LogP contribution in [0.1, 0.15) is 85.7 Å². The highest BCUT2D eigenvalue weighted by molar-refractivity contribution is 5.88. The van der Waals surface area contributed by atoms with Crippen LogP contribution in [0.4, 0.5) is 17.6 Å². The molecule has 11 heteroatoms. The Kier molecular flexibility index (Phi) is 15.1. The molecule has 3 atom stereocenters. The molecule has 7 nitrogen and oxygen atoms in total. The number of hydrogen-bond donors (Lipinski definition) is 1. The van der Waals surface area contributed by atoms with Crippen molar-refractivity contribution in [3.8, 4) is 22.6 Å². The van der Waals surface area contributed by atoms with Gasteiger partial charge in [-0.15, -0.1) is 0 Å². The molecular formula is C36H46F4N6O. The van der Waals surface area contributed by atoms with E-state index in [-0.39, 0.29) is 11.3 Å². The van der Waals surface area contributed by atoms with Crippen LogP contribution in [0.3, 0.4) is 0 Å². The van der Waals surface area contributed by atoms with Crippen LogP contribution in [0.2, 0.25) is 0 Å². The fraction of sp³-hybridized carbons (Fsp3) is 0.417. The van der Waals surface area contributed by atoms with E-state index in [1.165, 1.54) is 29.7 Å². The molecule has 0 fully saturated rings. The quantitative estimate of drug-likeness (QED) is 0.136. The molecule has 1 aromatic carbocycles. The molecule has 0 amide bonds. The highest BCUT2D eigenvalue weighted by Crippen LogP contribution is 2.29. The number of rotatable bonds is 10. The van der Waals surface area contributed by atoms with Crippen LogP contribution in [-0.2, 0) is 7.05 Å². The van der Waals surface area contributed by atoms with Crippen LogP contribution in [0.25, 0.3) is 33.4 Å². The number of hydrogen-bond acceptors (Lipinski definition) is 6. The van der Waals surface area contributed by atoms with E-state index in [0.717, 1.165) is 18.0 Å². The first-order valence-corrected chi connectivity index (χ1v) is 15.9. The predicted octanol–water partition coefficient (Wildman–Crippen LogP) is 9.12. The topological polar surface area (TPSA) is 85.6 Å². The lowest BCUT2D eigenvalue weighted by molar-refractivity contribution is 0.108. The van der Waals surface area contributed by atoms with Gasteiger partial charge in [0.15, 0.2) is 5.82 Å². The van der Waals surface area contributed by atoms with Gasteiger partial charge in [0.25, 0.3) is 5.56 Å². The third-order valence-corrected chi connectivity index (χ3v) is 7.09. The third-order valence-electron chi connectivity index (χ3n) is 7.09.